The zero-order valence-corrected chi connectivity index (χ0v) is 9.63. The number of nitrogens with zero attached hydrogens (tertiary/aromatic N) is 2. The third-order valence-corrected chi connectivity index (χ3v) is 2.28. The zero-order chi connectivity index (χ0) is 12.3. The molecule has 0 aliphatic carbocycles. The van der Waals surface area contributed by atoms with Crippen LogP contribution in [0, 0.1) is 0 Å². The molecule has 0 aliphatic heterocycles. The van der Waals surface area contributed by atoms with Crippen LogP contribution in [0.1, 0.15) is 24.2 Å². The lowest BCUT2D eigenvalue weighted by Gasteiger charge is -1.98. The normalized spacial score (nSPS) is 12.6. The van der Waals surface area contributed by atoms with Crippen molar-refractivity contribution in [2.45, 2.75) is 25.8 Å². The van der Waals surface area contributed by atoms with Crippen LogP contribution < -0.4 is 5.73 Å². The van der Waals surface area contributed by atoms with Gasteiger partial charge in [0, 0.05) is 18.9 Å². The average molecular weight is 233 g/mol. The molecule has 1 unspecified atom stereocenters. The molecule has 0 saturated heterocycles. The predicted molar refractivity (Wildman–Crippen MR) is 62.6 cm³/mol. The van der Waals surface area contributed by atoms with Crippen LogP contribution in [0.3, 0.4) is 0 Å². The monoisotopic (exact) mass is 233 g/mol. The number of rotatable bonds is 4. The first-order chi connectivity index (χ1) is 8.13. The summed E-state index contributed by atoms with van der Waals surface area (Å²) in [5, 5.41) is 13.2. The molecule has 2 rings (SSSR count). The van der Waals surface area contributed by atoms with Crippen molar-refractivity contribution in [3.05, 3.63) is 41.5 Å². The van der Waals surface area contributed by atoms with E-state index >= 15 is 0 Å². The van der Waals surface area contributed by atoms with Crippen LogP contribution in [0.5, 0.6) is 5.75 Å². The SMILES string of the molecule is CC(N)Cc1nc(Cc2cccc(O)c2)no1. The van der Waals surface area contributed by atoms with Crippen LogP contribution in [-0.2, 0) is 12.8 Å². The summed E-state index contributed by atoms with van der Waals surface area (Å²) < 4.78 is 5.07. The summed E-state index contributed by atoms with van der Waals surface area (Å²) in [5.74, 6) is 1.39. The quantitative estimate of drug-likeness (QED) is 0.830. The van der Waals surface area contributed by atoms with E-state index in [4.69, 9.17) is 10.3 Å². The van der Waals surface area contributed by atoms with E-state index < -0.39 is 0 Å². The largest absolute Gasteiger partial charge is 0.508 e. The standard InChI is InChI=1S/C12H15N3O2/c1-8(13)5-12-14-11(15-17-12)7-9-3-2-4-10(16)6-9/h2-4,6,8,16H,5,7,13H2,1H3. The van der Waals surface area contributed by atoms with Crippen LogP contribution in [-0.4, -0.2) is 21.3 Å². The van der Waals surface area contributed by atoms with Gasteiger partial charge in [0.15, 0.2) is 5.82 Å². The molecule has 0 fully saturated rings. The molecular weight excluding hydrogens is 218 g/mol. The summed E-state index contributed by atoms with van der Waals surface area (Å²) >= 11 is 0. The number of nitrogens with two attached hydrogens (primary N) is 1. The maximum Gasteiger partial charge on any atom is 0.228 e. The van der Waals surface area contributed by atoms with Crippen LogP contribution >= 0.6 is 0 Å². The fraction of sp³-hybridized carbons (Fsp3) is 0.333. The second kappa shape index (κ2) is 4.97. The molecule has 3 N–H and O–H groups in total. The summed E-state index contributed by atoms with van der Waals surface area (Å²) in [6, 6.07) is 7.00. The molecule has 90 valence electrons. The lowest BCUT2D eigenvalue weighted by atomic mass is 10.1. The molecule has 1 aromatic carbocycles. The molecule has 0 amide bonds. The highest BCUT2D eigenvalue weighted by molar-refractivity contribution is 5.28. The topological polar surface area (TPSA) is 85.2 Å². The van der Waals surface area contributed by atoms with Gasteiger partial charge in [0.25, 0.3) is 0 Å². The van der Waals surface area contributed by atoms with Gasteiger partial charge in [0.05, 0.1) is 0 Å². The number of aromatic nitrogens is 2. The highest BCUT2D eigenvalue weighted by Crippen LogP contribution is 2.13. The Morgan fingerprint density at radius 1 is 1.47 bits per heavy atom. The minimum atomic E-state index is 0.00377. The van der Waals surface area contributed by atoms with Crippen molar-refractivity contribution >= 4 is 0 Å². The molecule has 0 aliphatic rings. The van der Waals surface area contributed by atoms with Gasteiger partial charge in [0.2, 0.25) is 5.89 Å². The highest BCUT2D eigenvalue weighted by atomic mass is 16.5. The third kappa shape index (κ3) is 3.29. The fourth-order valence-electron chi connectivity index (χ4n) is 1.57. The van der Waals surface area contributed by atoms with Gasteiger partial charge >= 0.3 is 0 Å². The number of hydrogen-bond acceptors (Lipinski definition) is 5. The molecule has 1 heterocycles. The maximum absolute atomic E-state index is 9.33. The van der Waals surface area contributed by atoms with Crippen molar-refractivity contribution in [3.8, 4) is 5.75 Å². The molecule has 5 heteroatoms. The Morgan fingerprint density at radius 3 is 3.00 bits per heavy atom. The van der Waals surface area contributed by atoms with E-state index in [0.717, 1.165) is 5.56 Å². The van der Waals surface area contributed by atoms with E-state index in [2.05, 4.69) is 10.1 Å². The smallest absolute Gasteiger partial charge is 0.228 e. The van der Waals surface area contributed by atoms with Gasteiger partial charge < -0.3 is 15.4 Å². The van der Waals surface area contributed by atoms with Crippen LogP contribution in [0.4, 0.5) is 0 Å². The summed E-state index contributed by atoms with van der Waals surface area (Å²) in [7, 11) is 0. The first kappa shape index (κ1) is 11.6. The van der Waals surface area contributed by atoms with E-state index in [-0.39, 0.29) is 11.8 Å². The van der Waals surface area contributed by atoms with Crippen LogP contribution in [0.15, 0.2) is 28.8 Å². The Bertz CT molecular complexity index is 494. The first-order valence-electron chi connectivity index (χ1n) is 5.48. The summed E-state index contributed by atoms with van der Waals surface area (Å²) in [6.45, 7) is 1.89. The van der Waals surface area contributed by atoms with Gasteiger partial charge in [-0.15, -0.1) is 0 Å². The molecule has 2 aromatic rings. The molecule has 0 saturated carbocycles. The van der Waals surface area contributed by atoms with Crippen molar-refractivity contribution in [1.29, 1.82) is 0 Å². The summed E-state index contributed by atoms with van der Waals surface area (Å²) in [5.41, 5.74) is 6.59. The molecule has 17 heavy (non-hydrogen) atoms. The molecule has 5 nitrogen and oxygen atoms in total. The molecule has 0 spiro atoms. The molecule has 0 radical (unpaired) electrons. The second-order valence-corrected chi connectivity index (χ2v) is 4.13. The molecular formula is C12H15N3O2. The summed E-state index contributed by atoms with van der Waals surface area (Å²) in [4.78, 5) is 4.24. The van der Waals surface area contributed by atoms with Crippen LogP contribution in [0.2, 0.25) is 0 Å². The van der Waals surface area contributed by atoms with Gasteiger partial charge in [-0.2, -0.15) is 4.98 Å². The van der Waals surface area contributed by atoms with E-state index in [1.807, 2.05) is 13.0 Å². The van der Waals surface area contributed by atoms with Crippen molar-refractivity contribution in [3.63, 3.8) is 0 Å². The van der Waals surface area contributed by atoms with Crippen LogP contribution in [0.25, 0.3) is 0 Å². The Morgan fingerprint density at radius 2 is 2.29 bits per heavy atom. The molecule has 0 bridgehead atoms. The number of phenolic OH excluding ortho intramolecular Hbond substituents is 1. The van der Waals surface area contributed by atoms with Crippen molar-refractivity contribution < 1.29 is 9.63 Å². The Balaban J connectivity index is 2.06. The second-order valence-electron chi connectivity index (χ2n) is 4.13. The number of benzene rings is 1. The Kier molecular flexibility index (Phi) is 3.39. The van der Waals surface area contributed by atoms with Crippen molar-refractivity contribution in [1.82, 2.24) is 10.1 Å². The number of aromatic hydroxyl groups is 1. The van der Waals surface area contributed by atoms with Crippen molar-refractivity contribution in [2.75, 3.05) is 0 Å². The van der Waals surface area contributed by atoms with Gasteiger partial charge in [-0.3, -0.25) is 0 Å². The predicted octanol–water partition coefficient (Wildman–Crippen LogP) is 1.26. The third-order valence-electron chi connectivity index (χ3n) is 2.28. The van der Waals surface area contributed by atoms with Gasteiger partial charge in [-0.1, -0.05) is 17.3 Å². The average Bonchev–Trinajstić information content (AvgIpc) is 2.64. The van der Waals surface area contributed by atoms with E-state index in [1.165, 1.54) is 0 Å². The Hall–Kier alpha value is -1.88. The minimum Gasteiger partial charge on any atom is -0.508 e. The number of phenols is 1. The van der Waals surface area contributed by atoms with E-state index in [0.29, 0.717) is 24.6 Å². The lowest BCUT2D eigenvalue weighted by molar-refractivity contribution is 0.367. The number of hydrogen-bond donors (Lipinski definition) is 2. The lowest BCUT2D eigenvalue weighted by Crippen LogP contribution is -2.17. The first-order valence-corrected chi connectivity index (χ1v) is 5.48. The fourth-order valence-corrected chi connectivity index (χ4v) is 1.57. The Labute approximate surface area is 99.3 Å². The van der Waals surface area contributed by atoms with Gasteiger partial charge in [-0.05, 0) is 24.6 Å². The van der Waals surface area contributed by atoms with E-state index in [9.17, 15) is 5.11 Å². The van der Waals surface area contributed by atoms with E-state index in [1.54, 1.807) is 18.2 Å². The minimum absolute atomic E-state index is 0.00377. The highest BCUT2D eigenvalue weighted by Gasteiger charge is 2.09. The van der Waals surface area contributed by atoms with Gasteiger partial charge in [-0.25, -0.2) is 0 Å². The zero-order valence-electron chi connectivity index (χ0n) is 9.63. The van der Waals surface area contributed by atoms with Gasteiger partial charge in [0.1, 0.15) is 5.75 Å². The molecule has 1 atom stereocenters. The van der Waals surface area contributed by atoms with Crippen molar-refractivity contribution in [2.24, 2.45) is 5.73 Å². The summed E-state index contributed by atoms with van der Waals surface area (Å²) in [6.07, 6.45) is 1.11. The maximum atomic E-state index is 9.33. The molecule has 1 aromatic heterocycles.